The highest BCUT2D eigenvalue weighted by atomic mass is 31.2. The number of esters is 4. The van der Waals surface area contributed by atoms with Crippen LogP contribution in [0.3, 0.4) is 0 Å². The molecule has 0 spiro atoms. The van der Waals surface area contributed by atoms with Gasteiger partial charge in [0.1, 0.15) is 19.3 Å². The molecule has 0 radical (unpaired) electrons. The molecule has 0 rings (SSSR count). The Labute approximate surface area is 556 Å². The third kappa shape index (κ3) is 66.5. The van der Waals surface area contributed by atoms with Gasteiger partial charge in [-0.25, -0.2) is 9.13 Å². The summed E-state index contributed by atoms with van der Waals surface area (Å²) in [6.07, 6.45) is 49.8. The fourth-order valence-corrected chi connectivity index (χ4v) is 12.5. The molecule has 0 fully saturated rings. The molecule has 0 aromatic rings. The van der Waals surface area contributed by atoms with Gasteiger partial charge in [-0.2, -0.15) is 0 Å². The van der Waals surface area contributed by atoms with Crippen molar-refractivity contribution in [2.45, 2.75) is 387 Å². The van der Waals surface area contributed by atoms with Crippen LogP contribution in [0.1, 0.15) is 369 Å². The first kappa shape index (κ1) is 89.1. The molecule has 3 N–H and O–H groups in total. The number of carbonyl (C=O) groups excluding carboxylic acids is 4. The summed E-state index contributed by atoms with van der Waals surface area (Å²) >= 11 is 0. The third-order valence-corrected chi connectivity index (χ3v) is 18.6. The number of rotatable bonds is 71. The number of unbranched alkanes of at least 4 members (excludes halogenated alkanes) is 41. The van der Waals surface area contributed by atoms with Gasteiger partial charge in [0.05, 0.1) is 26.4 Å². The summed E-state index contributed by atoms with van der Waals surface area (Å²) in [5, 5.41) is 10.6. The van der Waals surface area contributed by atoms with E-state index in [1.807, 2.05) is 0 Å². The summed E-state index contributed by atoms with van der Waals surface area (Å²) in [7, 11) is -9.90. The standard InChI is InChI=1S/C72H140O17P2/c1-7-9-11-13-15-17-18-19-20-25-32-38-44-50-56-71(76)88-67(60-82-69(74)54-48-42-36-28-16-14-12-10-8-2)62-86-90(78,79)84-58-66(73)59-85-91(80,81)87-63-68(89-72(77)57-51-45-39-33-27-22-24-30-35-41-47-53-65(5)6)61-83-70(75)55-49-43-37-31-26-21-23-29-34-40-46-52-64(3)4/h64-68,73H,7-63H2,1-6H3,(H,78,79)(H,80,81)/t66-,67+,68+/m0/s1. The zero-order valence-corrected chi connectivity index (χ0v) is 60.9. The van der Waals surface area contributed by atoms with Gasteiger partial charge in [0.25, 0.3) is 0 Å². The molecular weight excluding hydrogens is 1200 g/mol. The first-order valence-electron chi connectivity index (χ1n) is 37.5. The van der Waals surface area contributed by atoms with Gasteiger partial charge in [-0.1, -0.05) is 318 Å². The molecule has 0 aromatic carbocycles. The van der Waals surface area contributed by atoms with Crippen molar-refractivity contribution in [2.24, 2.45) is 11.8 Å². The van der Waals surface area contributed by atoms with E-state index in [0.29, 0.717) is 25.7 Å². The lowest BCUT2D eigenvalue weighted by Gasteiger charge is -2.21. The maximum atomic E-state index is 13.0. The number of phosphoric acid groups is 2. The molecule has 91 heavy (non-hydrogen) atoms. The summed E-state index contributed by atoms with van der Waals surface area (Å²) < 4.78 is 68.4. The first-order valence-corrected chi connectivity index (χ1v) is 40.5. The number of hydrogen-bond acceptors (Lipinski definition) is 15. The van der Waals surface area contributed by atoms with E-state index in [0.717, 1.165) is 102 Å². The molecule has 19 heteroatoms. The molecule has 0 saturated carbocycles. The Bertz CT molecular complexity index is 1770. The Morgan fingerprint density at radius 3 is 0.747 bits per heavy atom. The number of aliphatic hydroxyl groups is 1. The molecule has 2 unspecified atom stereocenters. The highest BCUT2D eigenvalue weighted by Gasteiger charge is 2.30. The van der Waals surface area contributed by atoms with Crippen molar-refractivity contribution in [2.75, 3.05) is 39.6 Å². The van der Waals surface area contributed by atoms with Gasteiger partial charge < -0.3 is 33.8 Å². The van der Waals surface area contributed by atoms with Gasteiger partial charge in [0.15, 0.2) is 12.2 Å². The summed E-state index contributed by atoms with van der Waals surface area (Å²) in [6, 6.07) is 0. The molecule has 0 aliphatic rings. The van der Waals surface area contributed by atoms with E-state index >= 15 is 0 Å². The largest absolute Gasteiger partial charge is 0.472 e. The van der Waals surface area contributed by atoms with Crippen LogP contribution in [0.5, 0.6) is 0 Å². The molecule has 0 amide bonds. The van der Waals surface area contributed by atoms with Gasteiger partial charge in [0, 0.05) is 25.7 Å². The van der Waals surface area contributed by atoms with E-state index in [4.69, 9.17) is 37.0 Å². The lowest BCUT2D eigenvalue weighted by atomic mass is 10.0. The summed E-state index contributed by atoms with van der Waals surface area (Å²) in [5.41, 5.74) is 0. The van der Waals surface area contributed by atoms with Crippen LogP contribution < -0.4 is 0 Å². The average Bonchev–Trinajstić information content (AvgIpc) is 2.01. The van der Waals surface area contributed by atoms with Crippen LogP contribution in [-0.4, -0.2) is 96.7 Å². The molecule has 5 atom stereocenters. The lowest BCUT2D eigenvalue weighted by molar-refractivity contribution is -0.161. The molecule has 0 aromatic heterocycles. The Kier molecular flexibility index (Phi) is 62.7. The summed E-state index contributed by atoms with van der Waals surface area (Å²) in [6.45, 7) is 9.56. The zero-order valence-electron chi connectivity index (χ0n) is 59.1. The maximum Gasteiger partial charge on any atom is 0.472 e. The number of aliphatic hydroxyl groups excluding tert-OH is 1. The quantitative estimate of drug-likeness (QED) is 0.0222. The minimum atomic E-state index is -4.95. The Morgan fingerprint density at radius 2 is 0.505 bits per heavy atom. The second-order valence-electron chi connectivity index (χ2n) is 26.9. The van der Waals surface area contributed by atoms with Crippen LogP contribution in [0.4, 0.5) is 0 Å². The van der Waals surface area contributed by atoms with Crippen LogP contribution in [-0.2, 0) is 65.4 Å². The predicted octanol–water partition coefficient (Wildman–Crippen LogP) is 20.8. The second-order valence-corrected chi connectivity index (χ2v) is 29.8. The predicted molar refractivity (Wildman–Crippen MR) is 368 cm³/mol. The maximum absolute atomic E-state index is 13.0. The highest BCUT2D eigenvalue weighted by Crippen LogP contribution is 2.45. The number of ether oxygens (including phenoxy) is 4. The van der Waals surface area contributed by atoms with E-state index in [9.17, 15) is 43.2 Å². The Hall–Kier alpha value is -1.94. The highest BCUT2D eigenvalue weighted by molar-refractivity contribution is 7.47. The molecule has 0 aliphatic heterocycles. The Balaban J connectivity index is 5.24. The molecule has 0 saturated heterocycles. The van der Waals surface area contributed by atoms with Crippen molar-refractivity contribution in [1.82, 2.24) is 0 Å². The van der Waals surface area contributed by atoms with Crippen LogP contribution in [0.2, 0.25) is 0 Å². The first-order chi connectivity index (χ1) is 43.9. The van der Waals surface area contributed by atoms with E-state index in [2.05, 4.69) is 41.5 Å². The van der Waals surface area contributed by atoms with Gasteiger partial charge in [-0.05, 0) is 37.5 Å². The summed E-state index contributed by atoms with van der Waals surface area (Å²) in [4.78, 5) is 72.6. The van der Waals surface area contributed by atoms with Crippen molar-refractivity contribution in [3.63, 3.8) is 0 Å². The third-order valence-electron chi connectivity index (χ3n) is 16.7. The molecular formula is C72H140O17P2. The Morgan fingerprint density at radius 1 is 0.297 bits per heavy atom. The molecule has 0 heterocycles. The smallest absolute Gasteiger partial charge is 0.462 e. The van der Waals surface area contributed by atoms with Crippen LogP contribution in [0.25, 0.3) is 0 Å². The van der Waals surface area contributed by atoms with Crippen LogP contribution in [0.15, 0.2) is 0 Å². The van der Waals surface area contributed by atoms with E-state index in [1.165, 1.54) is 186 Å². The number of hydrogen-bond donors (Lipinski definition) is 3. The molecule has 540 valence electrons. The van der Waals surface area contributed by atoms with Gasteiger partial charge in [-0.3, -0.25) is 37.3 Å². The van der Waals surface area contributed by atoms with Crippen molar-refractivity contribution in [1.29, 1.82) is 0 Å². The average molecular weight is 1340 g/mol. The molecule has 0 aliphatic carbocycles. The zero-order chi connectivity index (χ0) is 67.2. The van der Waals surface area contributed by atoms with E-state index < -0.39 is 97.5 Å². The van der Waals surface area contributed by atoms with Crippen LogP contribution in [0, 0.1) is 11.8 Å². The van der Waals surface area contributed by atoms with E-state index in [1.54, 1.807) is 0 Å². The van der Waals surface area contributed by atoms with Crippen molar-refractivity contribution in [3.8, 4) is 0 Å². The number of carbonyl (C=O) groups is 4. The molecule has 17 nitrogen and oxygen atoms in total. The van der Waals surface area contributed by atoms with Gasteiger partial charge in [-0.15, -0.1) is 0 Å². The van der Waals surface area contributed by atoms with E-state index in [-0.39, 0.29) is 25.7 Å². The van der Waals surface area contributed by atoms with Crippen molar-refractivity contribution >= 4 is 39.5 Å². The summed E-state index contributed by atoms with van der Waals surface area (Å²) in [5.74, 6) is -0.584. The SMILES string of the molecule is CCCCCCCCCCCCCCCCC(=O)O[C@H](COC(=O)CCCCCCCCCCC)COP(=O)(O)OC[C@H](O)COP(=O)(O)OC[C@@H](COC(=O)CCCCCCCCCCCCCC(C)C)OC(=O)CCCCCCCCCCCCCC(C)C. The minimum absolute atomic E-state index is 0.106. The number of phosphoric ester groups is 2. The van der Waals surface area contributed by atoms with Crippen molar-refractivity contribution < 1.29 is 80.2 Å². The second kappa shape index (κ2) is 64.1. The van der Waals surface area contributed by atoms with Crippen molar-refractivity contribution in [3.05, 3.63) is 0 Å². The topological polar surface area (TPSA) is 237 Å². The fraction of sp³-hybridized carbons (Fsp3) is 0.944. The normalized spacial score (nSPS) is 14.1. The van der Waals surface area contributed by atoms with Gasteiger partial charge >= 0.3 is 39.5 Å². The molecule has 0 bridgehead atoms. The minimum Gasteiger partial charge on any atom is -0.462 e. The lowest BCUT2D eigenvalue weighted by Crippen LogP contribution is -2.30. The fourth-order valence-electron chi connectivity index (χ4n) is 10.9. The van der Waals surface area contributed by atoms with Crippen LogP contribution >= 0.6 is 15.6 Å². The monoisotopic (exact) mass is 1340 g/mol. The van der Waals surface area contributed by atoms with Gasteiger partial charge in [0.2, 0.25) is 0 Å².